The summed E-state index contributed by atoms with van der Waals surface area (Å²) < 4.78 is 1.15. The molecule has 0 radical (unpaired) electrons. The number of anilines is 1. The average Bonchev–Trinajstić information content (AvgIpc) is 2.95. The SMILES string of the molecule is Cc1ccc(Br)cc1NCCC1CC1. The van der Waals surface area contributed by atoms with E-state index in [0.717, 1.165) is 16.9 Å². The second kappa shape index (κ2) is 4.35. The van der Waals surface area contributed by atoms with E-state index in [0.29, 0.717) is 0 Å². The maximum atomic E-state index is 3.50. The Balaban J connectivity index is 1.89. The van der Waals surface area contributed by atoms with Gasteiger partial charge in [-0.1, -0.05) is 34.8 Å². The van der Waals surface area contributed by atoms with Crippen LogP contribution in [0.4, 0.5) is 5.69 Å². The number of benzene rings is 1. The average molecular weight is 254 g/mol. The molecule has 0 unspecified atom stereocenters. The second-order valence-electron chi connectivity index (χ2n) is 4.12. The molecule has 0 aromatic heterocycles. The molecule has 0 spiro atoms. The molecule has 14 heavy (non-hydrogen) atoms. The van der Waals surface area contributed by atoms with Crippen LogP contribution in [0.15, 0.2) is 22.7 Å². The van der Waals surface area contributed by atoms with E-state index in [4.69, 9.17) is 0 Å². The van der Waals surface area contributed by atoms with Crippen molar-refractivity contribution < 1.29 is 0 Å². The number of rotatable bonds is 4. The lowest BCUT2D eigenvalue weighted by Crippen LogP contribution is -2.03. The highest BCUT2D eigenvalue weighted by molar-refractivity contribution is 9.10. The lowest BCUT2D eigenvalue weighted by molar-refractivity contribution is 0.760. The van der Waals surface area contributed by atoms with E-state index >= 15 is 0 Å². The quantitative estimate of drug-likeness (QED) is 0.857. The summed E-state index contributed by atoms with van der Waals surface area (Å²) >= 11 is 3.49. The Morgan fingerprint density at radius 2 is 2.21 bits per heavy atom. The van der Waals surface area contributed by atoms with Crippen molar-refractivity contribution >= 4 is 21.6 Å². The Bertz CT molecular complexity index is 318. The zero-order valence-electron chi connectivity index (χ0n) is 8.52. The van der Waals surface area contributed by atoms with Gasteiger partial charge < -0.3 is 5.32 Å². The van der Waals surface area contributed by atoms with E-state index in [2.05, 4.69) is 46.4 Å². The van der Waals surface area contributed by atoms with Crippen LogP contribution in [0.3, 0.4) is 0 Å². The molecule has 1 aromatic rings. The van der Waals surface area contributed by atoms with E-state index in [9.17, 15) is 0 Å². The summed E-state index contributed by atoms with van der Waals surface area (Å²) in [5.74, 6) is 1.01. The van der Waals surface area contributed by atoms with Gasteiger partial charge in [0.2, 0.25) is 0 Å². The highest BCUT2D eigenvalue weighted by atomic mass is 79.9. The van der Waals surface area contributed by atoms with Crippen molar-refractivity contribution in [2.75, 3.05) is 11.9 Å². The molecule has 1 aliphatic rings. The third kappa shape index (κ3) is 2.74. The van der Waals surface area contributed by atoms with Crippen molar-refractivity contribution in [3.05, 3.63) is 28.2 Å². The second-order valence-corrected chi connectivity index (χ2v) is 5.03. The largest absolute Gasteiger partial charge is 0.385 e. The van der Waals surface area contributed by atoms with Gasteiger partial charge in [-0.3, -0.25) is 0 Å². The molecule has 1 N–H and O–H groups in total. The standard InChI is InChI=1S/C12H16BrN/c1-9-2-5-11(13)8-12(9)14-7-6-10-3-4-10/h2,5,8,10,14H,3-4,6-7H2,1H3. The minimum absolute atomic E-state index is 1.01. The Morgan fingerprint density at radius 3 is 2.93 bits per heavy atom. The molecule has 2 heteroatoms. The lowest BCUT2D eigenvalue weighted by atomic mass is 10.2. The number of halogens is 1. The zero-order chi connectivity index (χ0) is 9.97. The topological polar surface area (TPSA) is 12.0 Å². The molecule has 1 aromatic carbocycles. The molecule has 0 aliphatic heterocycles. The van der Waals surface area contributed by atoms with Crippen molar-refractivity contribution in [1.29, 1.82) is 0 Å². The van der Waals surface area contributed by atoms with Gasteiger partial charge in [0, 0.05) is 16.7 Å². The van der Waals surface area contributed by atoms with Gasteiger partial charge in [-0.15, -0.1) is 0 Å². The van der Waals surface area contributed by atoms with Crippen LogP contribution >= 0.6 is 15.9 Å². The molecular weight excluding hydrogens is 238 g/mol. The van der Waals surface area contributed by atoms with Crippen LogP contribution in [0.1, 0.15) is 24.8 Å². The first-order valence-electron chi connectivity index (χ1n) is 5.26. The Labute approximate surface area is 94.0 Å². The monoisotopic (exact) mass is 253 g/mol. The molecule has 1 nitrogen and oxygen atoms in total. The van der Waals surface area contributed by atoms with E-state index in [1.54, 1.807) is 0 Å². The molecule has 0 saturated heterocycles. The fourth-order valence-corrected chi connectivity index (χ4v) is 1.96. The molecule has 0 atom stereocenters. The molecule has 1 fully saturated rings. The predicted molar refractivity (Wildman–Crippen MR) is 64.7 cm³/mol. The Kier molecular flexibility index (Phi) is 3.12. The van der Waals surface area contributed by atoms with E-state index in [-0.39, 0.29) is 0 Å². The summed E-state index contributed by atoms with van der Waals surface area (Å²) in [6.45, 7) is 3.26. The summed E-state index contributed by atoms with van der Waals surface area (Å²) in [6, 6.07) is 6.38. The van der Waals surface area contributed by atoms with Crippen LogP contribution in [-0.4, -0.2) is 6.54 Å². The first-order valence-corrected chi connectivity index (χ1v) is 6.05. The minimum atomic E-state index is 1.01. The summed E-state index contributed by atoms with van der Waals surface area (Å²) in [5.41, 5.74) is 2.59. The number of hydrogen-bond acceptors (Lipinski definition) is 1. The van der Waals surface area contributed by atoms with Crippen LogP contribution in [-0.2, 0) is 0 Å². The van der Waals surface area contributed by atoms with Crippen molar-refractivity contribution in [3.8, 4) is 0 Å². The van der Waals surface area contributed by atoms with Crippen molar-refractivity contribution in [3.63, 3.8) is 0 Å². The molecule has 1 aliphatic carbocycles. The molecule has 0 bridgehead atoms. The molecule has 0 heterocycles. The summed E-state index contributed by atoms with van der Waals surface area (Å²) in [6.07, 6.45) is 4.21. The van der Waals surface area contributed by atoms with Crippen LogP contribution in [0.25, 0.3) is 0 Å². The van der Waals surface area contributed by atoms with Gasteiger partial charge in [-0.2, -0.15) is 0 Å². The van der Waals surface area contributed by atoms with Gasteiger partial charge in [0.25, 0.3) is 0 Å². The van der Waals surface area contributed by atoms with Crippen LogP contribution in [0.2, 0.25) is 0 Å². The first-order chi connectivity index (χ1) is 6.75. The summed E-state index contributed by atoms with van der Waals surface area (Å²) in [5, 5.41) is 3.50. The first kappa shape index (κ1) is 10.0. The van der Waals surface area contributed by atoms with Gasteiger partial charge in [-0.25, -0.2) is 0 Å². The molecule has 76 valence electrons. The fourth-order valence-electron chi connectivity index (χ4n) is 1.60. The van der Waals surface area contributed by atoms with Crippen LogP contribution in [0.5, 0.6) is 0 Å². The van der Waals surface area contributed by atoms with Gasteiger partial charge >= 0.3 is 0 Å². The summed E-state index contributed by atoms with van der Waals surface area (Å²) in [4.78, 5) is 0. The summed E-state index contributed by atoms with van der Waals surface area (Å²) in [7, 11) is 0. The van der Waals surface area contributed by atoms with Crippen LogP contribution in [0, 0.1) is 12.8 Å². The van der Waals surface area contributed by atoms with E-state index in [1.165, 1.54) is 30.5 Å². The fraction of sp³-hybridized carbons (Fsp3) is 0.500. The Hall–Kier alpha value is -0.500. The molecule has 0 amide bonds. The van der Waals surface area contributed by atoms with Gasteiger partial charge in [-0.05, 0) is 37.0 Å². The highest BCUT2D eigenvalue weighted by Crippen LogP contribution is 2.32. The van der Waals surface area contributed by atoms with Crippen molar-refractivity contribution in [2.24, 2.45) is 5.92 Å². The minimum Gasteiger partial charge on any atom is -0.385 e. The maximum Gasteiger partial charge on any atom is 0.0381 e. The predicted octanol–water partition coefficient (Wildman–Crippen LogP) is 3.97. The van der Waals surface area contributed by atoms with E-state index in [1.807, 2.05) is 0 Å². The van der Waals surface area contributed by atoms with Gasteiger partial charge in [0.1, 0.15) is 0 Å². The van der Waals surface area contributed by atoms with E-state index < -0.39 is 0 Å². The molecule has 1 saturated carbocycles. The van der Waals surface area contributed by atoms with Crippen molar-refractivity contribution in [1.82, 2.24) is 0 Å². The number of aryl methyl sites for hydroxylation is 1. The zero-order valence-corrected chi connectivity index (χ0v) is 10.1. The molecular formula is C12H16BrN. The third-order valence-corrected chi connectivity index (χ3v) is 3.26. The lowest BCUT2D eigenvalue weighted by Gasteiger charge is -2.09. The van der Waals surface area contributed by atoms with Crippen molar-refractivity contribution in [2.45, 2.75) is 26.2 Å². The molecule has 2 rings (SSSR count). The highest BCUT2D eigenvalue weighted by Gasteiger charge is 2.20. The smallest absolute Gasteiger partial charge is 0.0381 e. The number of nitrogens with one attached hydrogen (secondary N) is 1. The Morgan fingerprint density at radius 1 is 1.43 bits per heavy atom. The number of hydrogen-bond donors (Lipinski definition) is 1. The van der Waals surface area contributed by atoms with Crippen LogP contribution < -0.4 is 5.32 Å². The third-order valence-electron chi connectivity index (χ3n) is 2.76. The van der Waals surface area contributed by atoms with Gasteiger partial charge in [0.15, 0.2) is 0 Å². The maximum absolute atomic E-state index is 3.50. The normalized spacial score (nSPS) is 15.6. The van der Waals surface area contributed by atoms with Gasteiger partial charge in [0.05, 0.1) is 0 Å².